The zero-order valence-electron chi connectivity index (χ0n) is 9.73. The molecule has 0 radical (unpaired) electrons. The van der Waals surface area contributed by atoms with Gasteiger partial charge in [0.1, 0.15) is 18.2 Å². The van der Waals surface area contributed by atoms with E-state index in [9.17, 15) is 0 Å². The second-order valence-corrected chi connectivity index (χ2v) is 4.30. The number of nitrogens with zero attached hydrogens (tertiary/aromatic N) is 2. The van der Waals surface area contributed by atoms with Crippen LogP contribution in [0.2, 0.25) is 0 Å². The Bertz CT molecular complexity index is 365. The Morgan fingerprint density at radius 2 is 2.31 bits per heavy atom. The zero-order valence-corrected chi connectivity index (χ0v) is 9.73. The fraction of sp³-hybridized carbons (Fsp3) is 0.636. The SMILES string of the molecule is COCc1nc(N)cc(NC(C)C2CC2)n1. The van der Waals surface area contributed by atoms with Crippen LogP contribution in [0, 0.1) is 5.92 Å². The molecular formula is C11H18N4O. The number of nitrogens with two attached hydrogens (primary N) is 1. The lowest BCUT2D eigenvalue weighted by atomic mass is 10.2. The van der Waals surface area contributed by atoms with Crippen LogP contribution in [0.25, 0.3) is 0 Å². The summed E-state index contributed by atoms with van der Waals surface area (Å²) in [6.45, 7) is 2.56. The van der Waals surface area contributed by atoms with Gasteiger partial charge in [0.25, 0.3) is 0 Å². The summed E-state index contributed by atoms with van der Waals surface area (Å²) in [4.78, 5) is 8.44. The molecule has 1 fully saturated rings. The van der Waals surface area contributed by atoms with Gasteiger partial charge in [0.2, 0.25) is 0 Å². The van der Waals surface area contributed by atoms with Gasteiger partial charge >= 0.3 is 0 Å². The number of hydrogen-bond donors (Lipinski definition) is 2. The van der Waals surface area contributed by atoms with Gasteiger partial charge in [0.15, 0.2) is 5.82 Å². The van der Waals surface area contributed by atoms with Crippen molar-refractivity contribution in [2.75, 3.05) is 18.2 Å². The molecule has 0 saturated heterocycles. The van der Waals surface area contributed by atoms with E-state index in [1.165, 1.54) is 12.8 Å². The predicted octanol–water partition coefficient (Wildman–Crippen LogP) is 1.42. The molecule has 5 heteroatoms. The van der Waals surface area contributed by atoms with Crippen molar-refractivity contribution in [1.29, 1.82) is 0 Å². The highest BCUT2D eigenvalue weighted by atomic mass is 16.5. The molecule has 5 nitrogen and oxygen atoms in total. The lowest BCUT2D eigenvalue weighted by molar-refractivity contribution is 0.178. The summed E-state index contributed by atoms with van der Waals surface area (Å²) < 4.78 is 4.99. The van der Waals surface area contributed by atoms with Crippen LogP contribution in [0.5, 0.6) is 0 Å². The average molecular weight is 222 g/mol. The third-order valence-electron chi connectivity index (χ3n) is 2.77. The number of anilines is 2. The number of ether oxygens (including phenoxy) is 1. The maximum atomic E-state index is 5.71. The first kappa shape index (κ1) is 11.1. The van der Waals surface area contributed by atoms with Crippen LogP contribution in [0.1, 0.15) is 25.6 Å². The Hall–Kier alpha value is -1.36. The summed E-state index contributed by atoms with van der Waals surface area (Å²) in [5.41, 5.74) is 5.71. The number of methoxy groups -OCH3 is 1. The monoisotopic (exact) mass is 222 g/mol. The fourth-order valence-electron chi connectivity index (χ4n) is 1.73. The van der Waals surface area contributed by atoms with Crippen LogP contribution in [0.15, 0.2) is 6.07 Å². The van der Waals surface area contributed by atoms with Crippen molar-refractivity contribution in [3.63, 3.8) is 0 Å². The van der Waals surface area contributed by atoms with Crippen molar-refractivity contribution < 1.29 is 4.74 Å². The fourth-order valence-corrected chi connectivity index (χ4v) is 1.73. The topological polar surface area (TPSA) is 73.1 Å². The standard InChI is InChI=1S/C11H18N4O/c1-7(8-3-4-8)13-10-5-9(12)14-11(15-10)6-16-2/h5,7-8H,3-4,6H2,1-2H3,(H3,12,13,14,15). The van der Waals surface area contributed by atoms with E-state index < -0.39 is 0 Å². The summed E-state index contributed by atoms with van der Waals surface area (Å²) in [6, 6.07) is 2.21. The molecule has 0 amide bonds. The highest BCUT2D eigenvalue weighted by Gasteiger charge is 2.28. The summed E-state index contributed by atoms with van der Waals surface area (Å²) in [6.07, 6.45) is 2.61. The molecule has 1 aliphatic rings. The normalized spacial score (nSPS) is 17.1. The van der Waals surface area contributed by atoms with Gasteiger partial charge < -0.3 is 15.8 Å². The molecule has 0 aliphatic heterocycles. The van der Waals surface area contributed by atoms with E-state index in [1.54, 1.807) is 13.2 Å². The highest BCUT2D eigenvalue weighted by Crippen LogP contribution is 2.33. The van der Waals surface area contributed by atoms with Crippen LogP contribution in [-0.4, -0.2) is 23.1 Å². The molecule has 1 heterocycles. The van der Waals surface area contributed by atoms with Gasteiger partial charge in [-0.25, -0.2) is 9.97 Å². The van der Waals surface area contributed by atoms with Crippen LogP contribution < -0.4 is 11.1 Å². The lowest BCUT2D eigenvalue weighted by Gasteiger charge is -2.14. The maximum absolute atomic E-state index is 5.71. The van der Waals surface area contributed by atoms with Gasteiger partial charge in [0, 0.05) is 19.2 Å². The summed E-state index contributed by atoms with van der Waals surface area (Å²) >= 11 is 0. The average Bonchev–Trinajstić information content (AvgIpc) is 2.99. The Morgan fingerprint density at radius 3 is 2.94 bits per heavy atom. The van der Waals surface area contributed by atoms with Gasteiger partial charge in [-0.15, -0.1) is 0 Å². The second kappa shape index (κ2) is 4.65. The van der Waals surface area contributed by atoms with E-state index in [1.807, 2.05) is 0 Å². The number of aromatic nitrogens is 2. The van der Waals surface area contributed by atoms with Crippen LogP contribution in [0.4, 0.5) is 11.6 Å². The number of rotatable bonds is 5. The summed E-state index contributed by atoms with van der Waals surface area (Å²) in [5.74, 6) is 2.67. The Balaban J connectivity index is 2.06. The van der Waals surface area contributed by atoms with Gasteiger partial charge in [-0.1, -0.05) is 0 Å². The third kappa shape index (κ3) is 2.82. The highest BCUT2D eigenvalue weighted by molar-refractivity contribution is 5.45. The number of nitrogens with one attached hydrogen (secondary N) is 1. The molecule has 1 saturated carbocycles. The van der Waals surface area contributed by atoms with Crippen molar-refractivity contribution in [1.82, 2.24) is 9.97 Å². The molecule has 1 aromatic heterocycles. The first-order chi connectivity index (χ1) is 7.69. The van der Waals surface area contributed by atoms with Gasteiger partial charge in [-0.2, -0.15) is 0 Å². The van der Waals surface area contributed by atoms with Crippen LogP contribution in [-0.2, 0) is 11.3 Å². The van der Waals surface area contributed by atoms with Crippen molar-refractivity contribution in [2.45, 2.75) is 32.4 Å². The molecule has 1 unspecified atom stereocenters. The molecule has 1 atom stereocenters. The first-order valence-corrected chi connectivity index (χ1v) is 5.58. The first-order valence-electron chi connectivity index (χ1n) is 5.58. The molecule has 0 bridgehead atoms. The second-order valence-electron chi connectivity index (χ2n) is 4.30. The summed E-state index contributed by atoms with van der Waals surface area (Å²) in [5, 5.41) is 3.36. The largest absolute Gasteiger partial charge is 0.384 e. The molecular weight excluding hydrogens is 204 g/mol. The van der Waals surface area contributed by atoms with Crippen molar-refractivity contribution in [3.8, 4) is 0 Å². The third-order valence-corrected chi connectivity index (χ3v) is 2.77. The van der Waals surface area contributed by atoms with Gasteiger partial charge in [-0.3, -0.25) is 0 Å². The van der Waals surface area contributed by atoms with E-state index in [4.69, 9.17) is 10.5 Å². The molecule has 1 aliphatic carbocycles. The molecule has 16 heavy (non-hydrogen) atoms. The molecule has 2 rings (SSSR count). The minimum atomic E-state index is 0.386. The van der Waals surface area contributed by atoms with E-state index in [2.05, 4.69) is 22.2 Å². The lowest BCUT2D eigenvalue weighted by Crippen LogP contribution is -2.19. The van der Waals surface area contributed by atoms with E-state index in [0.29, 0.717) is 24.3 Å². The van der Waals surface area contributed by atoms with Gasteiger partial charge in [-0.05, 0) is 25.7 Å². The predicted molar refractivity (Wildman–Crippen MR) is 63.0 cm³/mol. The Labute approximate surface area is 95.4 Å². The minimum Gasteiger partial charge on any atom is -0.384 e. The van der Waals surface area contributed by atoms with Crippen molar-refractivity contribution >= 4 is 11.6 Å². The van der Waals surface area contributed by atoms with E-state index in [0.717, 1.165) is 11.7 Å². The van der Waals surface area contributed by atoms with Gasteiger partial charge in [0.05, 0.1) is 0 Å². The Kier molecular flexibility index (Phi) is 3.24. The van der Waals surface area contributed by atoms with Crippen LogP contribution >= 0.6 is 0 Å². The molecule has 1 aromatic rings. The maximum Gasteiger partial charge on any atom is 0.158 e. The van der Waals surface area contributed by atoms with Crippen molar-refractivity contribution in [2.24, 2.45) is 5.92 Å². The molecule has 0 aromatic carbocycles. The number of hydrogen-bond acceptors (Lipinski definition) is 5. The Morgan fingerprint density at radius 1 is 1.56 bits per heavy atom. The van der Waals surface area contributed by atoms with Crippen molar-refractivity contribution in [3.05, 3.63) is 11.9 Å². The van der Waals surface area contributed by atoms with Crippen LogP contribution in [0.3, 0.4) is 0 Å². The minimum absolute atomic E-state index is 0.386. The zero-order chi connectivity index (χ0) is 11.5. The number of nitrogen functional groups attached to an aromatic ring is 1. The molecule has 88 valence electrons. The quantitative estimate of drug-likeness (QED) is 0.788. The van der Waals surface area contributed by atoms with E-state index >= 15 is 0 Å². The summed E-state index contributed by atoms with van der Waals surface area (Å²) in [7, 11) is 1.62. The van der Waals surface area contributed by atoms with E-state index in [-0.39, 0.29) is 0 Å². The molecule has 0 spiro atoms. The smallest absolute Gasteiger partial charge is 0.158 e. The molecule has 3 N–H and O–H groups in total.